The summed E-state index contributed by atoms with van der Waals surface area (Å²) < 4.78 is 23.3. The Morgan fingerprint density at radius 1 is 1.25 bits per heavy atom. The summed E-state index contributed by atoms with van der Waals surface area (Å²) >= 11 is 0. The van der Waals surface area contributed by atoms with Gasteiger partial charge in [0.1, 0.15) is 0 Å². The monoisotopic (exact) mass is 183 g/mol. The molecule has 0 amide bonds. The molecule has 12 heavy (non-hydrogen) atoms. The highest BCUT2D eigenvalue weighted by molar-refractivity contribution is 7.71. The highest BCUT2D eigenvalue weighted by Gasteiger charge is 1.85. The maximum Gasteiger partial charge on any atom is 0.242 e. The fourth-order valence-corrected chi connectivity index (χ4v) is 1.04. The summed E-state index contributed by atoms with van der Waals surface area (Å²) in [4.78, 5) is 0. The Balaban J connectivity index is 2.54. The van der Waals surface area contributed by atoms with E-state index in [9.17, 15) is 8.42 Å². The van der Waals surface area contributed by atoms with E-state index < -0.39 is 10.9 Å². The van der Waals surface area contributed by atoms with Crippen molar-refractivity contribution >= 4 is 17.1 Å². The number of hydrogen-bond donors (Lipinski definition) is 1. The molecular weight excluding hydrogens is 174 g/mol. The topological polar surface area (TPSA) is 46.5 Å². The van der Waals surface area contributed by atoms with Gasteiger partial charge >= 0.3 is 0 Å². The lowest BCUT2D eigenvalue weighted by Gasteiger charge is -1.91. The van der Waals surface area contributed by atoms with E-state index in [4.69, 9.17) is 0 Å². The van der Waals surface area contributed by atoms with E-state index in [0.29, 0.717) is 6.42 Å². The lowest BCUT2D eigenvalue weighted by molar-refractivity contribution is 0.616. The number of thiol groups is 1. The summed E-state index contributed by atoms with van der Waals surface area (Å²) in [6.07, 6.45) is 1.95. The average Bonchev–Trinajstić information content (AvgIpc) is 2.05. The minimum Gasteiger partial charge on any atom is -0.208 e. The summed E-state index contributed by atoms with van der Waals surface area (Å²) in [7, 11) is -2.63. The molecule has 0 unspecified atom stereocenters. The molecule has 0 bridgehead atoms. The minimum absolute atomic E-state index is 0.560. The van der Waals surface area contributed by atoms with Crippen LogP contribution in [0.2, 0.25) is 0 Å². The molecule has 0 atom stereocenters. The second kappa shape index (κ2) is 4.66. The third kappa shape index (κ3) is 3.30. The van der Waals surface area contributed by atoms with E-state index in [1.54, 1.807) is 0 Å². The molecule has 0 fully saturated rings. The molecule has 0 radical (unpaired) electrons. The smallest absolute Gasteiger partial charge is 0.208 e. The van der Waals surface area contributed by atoms with Crippen LogP contribution >= 0.6 is 0 Å². The van der Waals surface area contributed by atoms with Crippen molar-refractivity contribution in [3.05, 3.63) is 35.9 Å². The first-order valence-electron chi connectivity index (χ1n) is 3.50. The molecule has 0 heterocycles. The van der Waals surface area contributed by atoms with Crippen LogP contribution in [-0.2, 0) is 17.3 Å². The van der Waals surface area contributed by atoms with Crippen molar-refractivity contribution < 1.29 is 8.42 Å². The quantitative estimate of drug-likeness (QED) is 0.557. The molecule has 1 rings (SSSR count). The Bertz CT molecular complexity index is 322. The number of hydrogen-bond acceptors (Lipinski definition) is 2. The van der Waals surface area contributed by atoms with Crippen LogP contribution in [0.15, 0.2) is 34.7 Å². The van der Waals surface area contributed by atoms with Crippen molar-refractivity contribution in [2.45, 2.75) is 6.42 Å². The molecule has 64 valence electrons. The maximum atomic E-state index is 10.0. The summed E-state index contributed by atoms with van der Waals surface area (Å²) in [5, 5.41) is 0. The van der Waals surface area contributed by atoms with Crippen molar-refractivity contribution in [1.29, 1.82) is 0 Å². The van der Waals surface area contributed by atoms with Gasteiger partial charge in [-0.05, 0) is 5.56 Å². The zero-order chi connectivity index (χ0) is 8.81. The van der Waals surface area contributed by atoms with Crippen molar-refractivity contribution in [1.82, 2.24) is 0 Å². The second-order valence-electron chi connectivity index (χ2n) is 2.23. The summed E-state index contributed by atoms with van der Waals surface area (Å²) in [5.74, 6) is 0. The molecule has 3 nitrogen and oxygen atoms in total. The van der Waals surface area contributed by atoms with Gasteiger partial charge in [0.15, 0.2) is 0 Å². The van der Waals surface area contributed by atoms with Crippen LogP contribution in [-0.4, -0.2) is 14.6 Å². The van der Waals surface area contributed by atoms with Gasteiger partial charge in [-0.1, -0.05) is 30.3 Å². The van der Waals surface area contributed by atoms with Crippen LogP contribution in [0.5, 0.6) is 0 Å². The van der Waals surface area contributed by atoms with Crippen molar-refractivity contribution in [2.75, 3.05) is 0 Å². The van der Waals surface area contributed by atoms with E-state index >= 15 is 0 Å². The molecule has 0 aliphatic carbocycles. The van der Waals surface area contributed by atoms with Crippen LogP contribution in [0.3, 0.4) is 0 Å². The molecule has 0 aliphatic rings. The molecule has 1 aromatic rings. The molecule has 0 saturated heterocycles. The maximum absolute atomic E-state index is 10.0. The van der Waals surface area contributed by atoms with E-state index in [1.165, 1.54) is 6.21 Å². The number of rotatable bonds is 3. The van der Waals surface area contributed by atoms with Crippen LogP contribution < -0.4 is 0 Å². The predicted molar refractivity (Wildman–Crippen MR) is 49.0 cm³/mol. The zero-order valence-electron chi connectivity index (χ0n) is 6.38. The van der Waals surface area contributed by atoms with Crippen LogP contribution in [0, 0.1) is 0 Å². The van der Waals surface area contributed by atoms with E-state index in [2.05, 4.69) is 4.40 Å². The molecule has 0 spiro atoms. The van der Waals surface area contributed by atoms with E-state index in [-0.39, 0.29) is 0 Å². The Labute approximate surface area is 72.8 Å². The molecule has 4 heteroatoms. The standard InChI is InChI=1S/C8H9NO2S/c10-12(11)9-7-6-8-4-2-1-3-5-8/h1-5,7,12H,6H2. The van der Waals surface area contributed by atoms with Crippen molar-refractivity contribution in [3.63, 3.8) is 0 Å². The highest BCUT2D eigenvalue weighted by Crippen LogP contribution is 1.97. The molecule has 0 saturated carbocycles. The Kier molecular flexibility index (Phi) is 3.47. The summed E-state index contributed by atoms with van der Waals surface area (Å²) in [6, 6.07) is 9.56. The minimum atomic E-state index is -2.63. The normalized spacial score (nSPS) is 11.1. The summed E-state index contributed by atoms with van der Waals surface area (Å²) in [5.41, 5.74) is 1.05. The van der Waals surface area contributed by atoms with Gasteiger partial charge < -0.3 is 0 Å². The Hall–Kier alpha value is -1.16. The molecule has 1 aromatic carbocycles. The molecule has 0 N–H and O–H groups in total. The largest absolute Gasteiger partial charge is 0.242 e. The summed E-state index contributed by atoms with van der Waals surface area (Å²) in [6.45, 7) is 0. The highest BCUT2D eigenvalue weighted by atomic mass is 32.2. The molecule has 0 aromatic heterocycles. The van der Waals surface area contributed by atoms with Gasteiger partial charge in [-0.15, -0.1) is 0 Å². The number of benzene rings is 1. The fraction of sp³-hybridized carbons (Fsp3) is 0.125. The van der Waals surface area contributed by atoms with E-state index in [1.807, 2.05) is 30.3 Å². The van der Waals surface area contributed by atoms with Gasteiger partial charge in [0.05, 0.1) is 0 Å². The number of nitrogens with zero attached hydrogens (tertiary/aromatic N) is 1. The van der Waals surface area contributed by atoms with E-state index in [0.717, 1.165) is 5.56 Å². The Morgan fingerprint density at radius 3 is 2.50 bits per heavy atom. The van der Waals surface area contributed by atoms with Gasteiger partial charge in [0.25, 0.3) is 0 Å². The third-order valence-electron chi connectivity index (χ3n) is 1.35. The van der Waals surface area contributed by atoms with Crippen LogP contribution in [0.25, 0.3) is 0 Å². The second-order valence-corrected chi connectivity index (χ2v) is 2.93. The first kappa shape index (κ1) is 8.93. The van der Waals surface area contributed by atoms with Gasteiger partial charge in [-0.3, -0.25) is 0 Å². The van der Waals surface area contributed by atoms with Gasteiger partial charge in [0.2, 0.25) is 10.9 Å². The van der Waals surface area contributed by atoms with Crippen molar-refractivity contribution in [2.24, 2.45) is 4.40 Å². The lowest BCUT2D eigenvalue weighted by Crippen LogP contribution is -1.84. The average molecular weight is 183 g/mol. The molecular formula is C8H9NO2S. The molecule has 0 aliphatic heterocycles. The Morgan fingerprint density at radius 2 is 1.92 bits per heavy atom. The fourth-order valence-electron chi connectivity index (χ4n) is 0.827. The van der Waals surface area contributed by atoms with Gasteiger partial charge in [-0.25, -0.2) is 8.42 Å². The van der Waals surface area contributed by atoms with Gasteiger partial charge in [0, 0.05) is 12.6 Å². The first-order chi connectivity index (χ1) is 5.79. The lowest BCUT2D eigenvalue weighted by atomic mass is 10.2. The zero-order valence-corrected chi connectivity index (χ0v) is 7.28. The van der Waals surface area contributed by atoms with Crippen molar-refractivity contribution in [3.8, 4) is 0 Å². The predicted octanol–water partition coefficient (Wildman–Crippen LogP) is 0.826. The van der Waals surface area contributed by atoms with Crippen LogP contribution in [0.1, 0.15) is 5.56 Å². The van der Waals surface area contributed by atoms with Gasteiger partial charge in [-0.2, -0.15) is 4.40 Å². The van der Waals surface area contributed by atoms with Crippen LogP contribution in [0.4, 0.5) is 0 Å². The third-order valence-corrected chi connectivity index (χ3v) is 1.70. The first-order valence-corrected chi connectivity index (χ1v) is 4.63. The SMILES string of the molecule is O=[SH](=O)N=CCc1ccccc1.